The van der Waals surface area contributed by atoms with Gasteiger partial charge in [-0.15, -0.1) is 0 Å². The van der Waals surface area contributed by atoms with Crippen molar-refractivity contribution in [1.29, 1.82) is 0 Å². The van der Waals surface area contributed by atoms with Crippen LogP contribution in [-0.4, -0.2) is 17.8 Å². The molecule has 1 N–H and O–H groups in total. The topological polar surface area (TPSA) is 29.1 Å². The lowest BCUT2D eigenvalue weighted by atomic mass is 9.75. The van der Waals surface area contributed by atoms with E-state index in [-0.39, 0.29) is 16.9 Å². The minimum Gasteiger partial charge on any atom is -0.351 e. The summed E-state index contributed by atoms with van der Waals surface area (Å²) in [4.78, 5) is 12.1. The first-order valence-electron chi connectivity index (χ1n) is 6.86. The molecule has 1 aromatic carbocycles. The number of benzene rings is 1. The summed E-state index contributed by atoms with van der Waals surface area (Å²) in [6.07, 6.45) is 5.84. The number of nitrogens with one attached hydrogen (secondary N) is 1. The highest BCUT2D eigenvalue weighted by molar-refractivity contribution is 9.09. The summed E-state index contributed by atoms with van der Waals surface area (Å²) in [5.74, 6) is -0.948. The molecule has 1 fully saturated rings. The van der Waals surface area contributed by atoms with Crippen molar-refractivity contribution in [3.05, 3.63) is 34.6 Å². The number of hydrogen-bond donors (Lipinski definition) is 1. The molecule has 0 unspecified atom stereocenters. The smallest absolute Gasteiger partial charge is 0.254 e. The molecule has 1 saturated carbocycles. The fourth-order valence-electron chi connectivity index (χ4n) is 2.70. The normalized spacial score (nSPS) is 17.8. The van der Waals surface area contributed by atoms with E-state index < -0.39 is 5.82 Å². The van der Waals surface area contributed by atoms with E-state index in [0.717, 1.165) is 24.2 Å². The zero-order valence-electron chi connectivity index (χ0n) is 11.2. The van der Waals surface area contributed by atoms with E-state index in [9.17, 15) is 9.18 Å². The average molecular weight is 363 g/mol. The predicted molar refractivity (Wildman–Crippen MR) is 83.1 cm³/mol. The average Bonchev–Trinajstić information content (AvgIpc) is 2.46. The quantitative estimate of drug-likeness (QED) is 0.782. The Balaban J connectivity index is 2.00. The van der Waals surface area contributed by atoms with Gasteiger partial charge in [-0.1, -0.05) is 46.8 Å². The Kier molecular flexibility index (Phi) is 5.44. The van der Waals surface area contributed by atoms with Gasteiger partial charge in [-0.3, -0.25) is 4.79 Å². The number of amides is 1. The van der Waals surface area contributed by atoms with Crippen molar-refractivity contribution >= 4 is 33.4 Å². The summed E-state index contributed by atoms with van der Waals surface area (Å²) in [5.41, 5.74) is 0.159. The van der Waals surface area contributed by atoms with Crippen molar-refractivity contribution in [1.82, 2.24) is 5.32 Å². The maximum absolute atomic E-state index is 13.7. The third-order valence-corrected chi connectivity index (χ3v) is 5.42. The largest absolute Gasteiger partial charge is 0.351 e. The van der Waals surface area contributed by atoms with Crippen LogP contribution in [0, 0.1) is 11.2 Å². The van der Waals surface area contributed by atoms with Gasteiger partial charge in [0.2, 0.25) is 0 Å². The molecule has 2 rings (SSSR count). The number of hydrogen-bond acceptors (Lipinski definition) is 1. The van der Waals surface area contributed by atoms with Gasteiger partial charge < -0.3 is 5.32 Å². The number of carbonyl (C=O) groups excluding carboxylic acids is 1. The van der Waals surface area contributed by atoms with Gasteiger partial charge in [0.15, 0.2) is 0 Å². The van der Waals surface area contributed by atoms with E-state index in [1.807, 2.05) is 0 Å². The molecule has 1 aliphatic carbocycles. The molecule has 0 aromatic heterocycles. The highest BCUT2D eigenvalue weighted by Gasteiger charge is 2.31. The molecular formula is C15H18BrClFNO. The van der Waals surface area contributed by atoms with Gasteiger partial charge in [-0.05, 0) is 36.5 Å². The van der Waals surface area contributed by atoms with E-state index in [1.54, 1.807) is 0 Å². The Hall–Kier alpha value is -0.610. The molecule has 20 heavy (non-hydrogen) atoms. The predicted octanol–water partition coefficient (Wildman–Crippen LogP) is 4.55. The molecule has 1 aromatic rings. The van der Waals surface area contributed by atoms with Crippen molar-refractivity contribution in [2.75, 3.05) is 11.9 Å². The maximum atomic E-state index is 13.7. The molecule has 0 saturated heterocycles. The molecule has 0 heterocycles. The molecule has 0 spiro atoms. The van der Waals surface area contributed by atoms with Crippen LogP contribution in [0.4, 0.5) is 4.39 Å². The van der Waals surface area contributed by atoms with Crippen molar-refractivity contribution in [3.8, 4) is 0 Å². The Morgan fingerprint density at radius 3 is 2.65 bits per heavy atom. The molecule has 0 atom stereocenters. The van der Waals surface area contributed by atoms with Gasteiger partial charge in [0.25, 0.3) is 5.91 Å². The molecule has 0 aliphatic heterocycles. The molecule has 5 heteroatoms. The molecular weight excluding hydrogens is 345 g/mol. The fourth-order valence-corrected chi connectivity index (χ4v) is 3.61. The van der Waals surface area contributed by atoms with Crippen LogP contribution in [0.25, 0.3) is 0 Å². The molecule has 2 nitrogen and oxygen atoms in total. The van der Waals surface area contributed by atoms with E-state index in [0.29, 0.717) is 11.6 Å². The number of alkyl halides is 1. The fraction of sp³-hybridized carbons (Fsp3) is 0.533. The summed E-state index contributed by atoms with van der Waals surface area (Å²) in [5, 5.41) is 4.03. The second-order valence-corrected chi connectivity index (χ2v) is 6.50. The molecule has 1 amide bonds. The maximum Gasteiger partial charge on any atom is 0.254 e. The van der Waals surface area contributed by atoms with Crippen LogP contribution >= 0.6 is 27.5 Å². The third kappa shape index (κ3) is 3.73. The molecule has 110 valence electrons. The Bertz CT molecular complexity index is 489. The molecule has 1 aliphatic rings. The van der Waals surface area contributed by atoms with Gasteiger partial charge in [0, 0.05) is 16.9 Å². The first kappa shape index (κ1) is 15.8. The highest BCUT2D eigenvalue weighted by atomic mass is 79.9. The van der Waals surface area contributed by atoms with Gasteiger partial charge in [-0.2, -0.15) is 0 Å². The summed E-state index contributed by atoms with van der Waals surface area (Å²) >= 11 is 9.24. The van der Waals surface area contributed by atoms with Crippen LogP contribution in [0.1, 0.15) is 42.5 Å². The summed E-state index contributed by atoms with van der Waals surface area (Å²) < 4.78 is 13.7. The van der Waals surface area contributed by atoms with Crippen LogP contribution in [0.3, 0.4) is 0 Å². The van der Waals surface area contributed by atoms with Gasteiger partial charge in [0.1, 0.15) is 5.82 Å². The van der Waals surface area contributed by atoms with Crippen LogP contribution in [-0.2, 0) is 0 Å². The number of carbonyl (C=O) groups is 1. The second-order valence-electron chi connectivity index (χ2n) is 5.50. The van der Waals surface area contributed by atoms with E-state index >= 15 is 0 Å². The van der Waals surface area contributed by atoms with Crippen molar-refractivity contribution in [2.24, 2.45) is 5.41 Å². The van der Waals surface area contributed by atoms with Crippen molar-refractivity contribution in [3.63, 3.8) is 0 Å². The van der Waals surface area contributed by atoms with E-state index in [1.165, 1.54) is 31.4 Å². The van der Waals surface area contributed by atoms with Crippen LogP contribution < -0.4 is 5.32 Å². The lowest BCUT2D eigenvalue weighted by molar-refractivity contribution is 0.0918. The Morgan fingerprint density at radius 2 is 2.05 bits per heavy atom. The first-order valence-corrected chi connectivity index (χ1v) is 8.35. The molecule has 0 bridgehead atoms. The number of halogens is 3. The van der Waals surface area contributed by atoms with Gasteiger partial charge in [0.05, 0.1) is 5.56 Å². The first-order chi connectivity index (χ1) is 9.56. The molecule has 0 radical (unpaired) electrons. The Morgan fingerprint density at radius 1 is 1.35 bits per heavy atom. The Labute approximate surface area is 132 Å². The van der Waals surface area contributed by atoms with Crippen molar-refractivity contribution in [2.45, 2.75) is 32.1 Å². The van der Waals surface area contributed by atoms with Crippen LogP contribution in [0.2, 0.25) is 5.02 Å². The highest BCUT2D eigenvalue weighted by Crippen LogP contribution is 2.37. The lowest BCUT2D eigenvalue weighted by Gasteiger charge is -2.35. The summed E-state index contributed by atoms with van der Waals surface area (Å²) in [6.45, 7) is 0.582. The third-order valence-electron chi connectivity index (χ3n) is 4.00. The SMILES string of the molecule is O=C(NCC1(CBr)CCCCC1)c1ccc(Cl)cc1F. The zero-order chi connectivity index (χ0) is 14.6. The second kappa shape index (κ2) is 6.90. The monoisotopic (exact) mass is 361 g/mol. The van der Waals surface area contributed by atoms with Gasteiger partial charge >= 0.3 is 0 Å². The van der Waals surface area contributed by atoms with E-state index in [2.05, 4.69) is 21.2 Å². The van der Waals surface area contributed by atoms with Crippen molar-refractivity contribution < 1.29 is 9.18 Å². The lowest BCUT2D eigenvalue weighted by Crippen LogP contribution is -2.40. The minimum atomic E-state index is -0.577. The zero-order valence-corrected chi connectivity index (χ0v) is 13.6. The van der Waals surface area contributed by atoms with Gasteiger partial charge in [-0.25, -0.2) is 4.39 Å². The van der Waals surface area contributed by atoms with E-state index in [4.69, 9.17) is 11.6 Å². The minimum absolute atomic E-state index is 0.0509. The summed E-state index contributed by atoms with van der Waals surface area (Å²) in [6, 6.07) is 4.12. The summed E-state index contributed by atoms with van der Waals surface area (Å²) in [7, 11) is 0. The standard InChI is InChI=1S/C15H18BrClFNO/c16-9-15(6-2-1-3-7-15)10-19-14(20)12-5-4-11(17)8-13(12)18/h4-5,8H,1-3,6-7,9-10H2,(H,19,20). The number of rotatable bonds is 4. The van der Waals surface area contributed by atoms with Crippen LogP contribution in [0.5, 0.6) is 0 Å². The van der Waals surface area contributed by atoms with Crippen LogP contribution in [0.15, 0.2) is 18.2 Å².